The van der Waals surface area contributed by atoms with Crippen LogP contribution < -0.4 is 11.1 Å². The summed E-state index contributed by atoms with van der Waals surface area (Å²) in [6.45, 7) is 8.73. The third-order valence-corrected chi connectivity index (χ3v) is 3.34. The fourth-order valence-electron chi connectivity index (χ4n) is 2.49. The Balaban J connectivity index is 0.00000400. The number of rotatable bonds is 7. The summed E-state index contributed by atoms with van der Waals surface area (Å²) in [6.07, 6.45) is 2.61. The predicted molar refractivity (Wildman–Crippen MR) is 96.0 cm³/mol. The van der Waals surface area contributed by atoms with E-state index in [0.717, 1.165) is 45.0 Å². The van der Waals surface area contributed by atoms with Gasteiger partial charge in [0.1, 0.15) is 0 Å². The van der Waals surface area contributed by atoms with Gasteiger partial charge in [-0.3, -0.25) is 9.79 Å². The molecule has 1 saturated heterocycles. The van der Waals surface area contributed by atoms with Crippen LogP contribution in [0.15, 0.2) is 4.99 Å². The topological polar surface area (TPSA) is 80.0 Å². The summed E-state index contributed by atoms with van der Waals surface area (Å²) in [5.41, 5.74) is 5.30. The van der Waals surface area contributed by atoms with E-state index in [0.29, 0.717) is 25.5 Å². The van der Waals surface area contributed by atoms with Crippen LogP contribution in [0.3, 0.4) is 0 Å². The highest BCUT2D eigenvalue weighted by atomic mass is 127. The molecule has 3 N–H and O–H groups in total. The van der Waals surface area contributed by atoms with Crippen molar-refractivity contribution < 1.29 is 9.53 Å². The maximum atomic E-state index is 11.1. The number of guanidine groups is 1. The molecule has 1 fully saturated rings. The predicted octanol–water partition coefficient (Wildman–Crippen LogP) is 1.19. The van der Waals surface area contributed by atoms with Gasteiger partial charge in [-0.05, 0) is 32.6 Å². The summed E-state index contributed by atoms with van der Waals surface area (Å²) in [6, 6.07) is 0. The summed E-state index contributed by atoms with van der Waals surface area (Å²) in [4.78, 5) is 17.9. The van der Waals surface area contributed by atoms with Crippen LogP contribution >= 0.6 is 24.0 Å². The van der Waals surface area contributed by atoms with Crippen molar-refractivity contribution >= 4 is 35.8 Å². The van der Waals surface area contributed by atoms with Crippen molar-refractivity contribution in [1.82, 2.24) is 10.2 Å². The Morgan fingerprint density at radius 2 is 2.24 bits per heavy atom. The lowest BCUT2D eigenvalue weighted by Crippen LogP contribution is -2.47. The molecule has 0 radical (unpaired) electrons. The minimum atomic E-state index is -0.213. The summed E-state index contributed by atoms with van der Waals surface area (Å²) >= 11 is 0. The third-order valence-electron chi connectivity index (χ3n) is 3.34. The molecular formula is C14H29IN4O2. The summed E-state index contributed by atoms with van der Waals surface area (Å²) < 4.78 is 5.31. The van der Waals surface area contributed by atoms with Crippen LogP contribution in [0.2, 0.25) is 0 Å². The number of primary amides is 1. The monoisotopic (exact) mass is 412 g/mol. The molecule has 1 atom stereocenters. The molecule has 0 aromatic rings. The number of likely N-dealkylation sites (tertiary alicyclic amines) is 1. The van der Waals surface area contributed by atoms with Gasteiger partial charge >= 0.3 is 0 Å². The van der Waals surface area contributed by atoms with Gasteiger partial charge in [0.15, 0.2) is 5.96 Å². The van der Waals surface area contributed by atoms with Crippen LogP contribution in [0.1, 0.15) is 33.1 Å². The fourth-order valence-corrected chi connectivity index (χ4v) is 2.49. The van der Waals surface area contributed by atoms with Crippen LogP contribution in [0, 0.1) is 5.92 Å². The van der Waals surface area contributed by atoms with E-state index < -0.39 is 0 Å². The number of carbonyl (C=O) groups is 1. The molecule has 1 unspecified atom stereocenters. The Kier molecular flexibility index (Phi) is 11.7. The zero-order chi connectivity index (χ0) is 14.8. The molecular weight excluding hydrogens is 383 g/mol. The van der Waals surface area contributed by atoms with Crippen LogP contribution in [0.25, 0.3) is 0 Å². The summed E-state index contributed by atoms with van der Waals surface area (Å²) in [7, 11) is 0. The van der Waals surface area contributed by atoms with Crippen LogP contribution in [0.4, 0.5) is 0 Å². The van der Waals surface area contributed by atoms with E-state index in [-0.39, 0.29) is 29.9 Å². The first-order valence-corrected chi connectivity index (χ1v) is 7.56. The molecule has 0 aliphatic carbocycles. The first-order chi connectivity index (χ1) is 9.67. The van der Waals surface area contributed by atoms with Gasteiger partial charge in [0, 0.05) is 32.7 Å². The number of carbonyl (C=O) groups excluding carboxylic acids is 1. The number of nitrogens with two attached hydrogens (primary N) is 1. The van der Waals surface area contributed by atoms with E-state index in [2.05, 4.69) is 22.1 Å². The number of ether oxygens (including phenoxy) is 1. The van der Waals surface area contributed by atoms with Crippen LogP contribution in [-0.2, 0) is 9.53 Å². The van der Waals surface area contributed by atoms with Gasteiger partial charge in [0.2, 0.25) is 5.91 Å². The van der Waals surface area contributed by atoms with E-state index in [1.807, 2.05) is 6.92 Å². The first-order valence-electron chi connectivity index (χ1n) is 7.56. The molecule has 0 saturated carbocycles. The minimum Gasteiger partial charge on any atom is -0.380 e. The molecule has 1 heterocycles. The highest BCUT2D eigenvalue weighted by molar-refractivity contribution is 14.0. The van der Waals surface area contributed by atoms with E-state index in [1.54, 1.807) is 0 Å². The first kappa shape index (κ1) is 20.4. The Morgan fingerprint density at radius 1 is 1.48 bits per heavy atom. The number of hydrogen-bond donors (Lipinski definition) is 2. The number of nitrogens with one attached hydrogen (secondary N) is 1. The number of amides is 1. The van der Waals surface area contributed by atoms with Gasteiger partial charge in [-0.1, -0.05) is 0 Å². The Bertz CT molecular complexity index is 326. The second-order valence-corrected chi connectivity index (χ2v) is 5.06. The molecule has 1 rings (SSSR count). The molecule has 1 aliphatic heterocycles. The van der Waals surface area contributed by atoms with E-state index in [9.17, 15) is 4.79 Å². The molecule has 0 aromatic carbocycles. The van der Waals surface area contributed by atoms with Crippen molar-refractivity contribution in [2.24, 2.45) is 16.6 Å². The molecule has 0 aromatic heterocycles. The zero-order valence-corrected chi connectivity index (χ0v) is 15.5. The average Bonchev–Trinajstić information content (AvgIpc) is 2.42. The SMILES string of the molecule is CCNC(=NCCOCC)N1CCCC(CC(N)=O)C1.I. The molecule has 124 valence electrons. The molecule has 1 amide bonds. The van der Waals surface area contributed by atoms with Crippen molar-refractivity contribution in [2.45, 2.75) is 33.1 Å². The second kappa shape index (κ2) is 12.0. The van der Waals surface area contributed by atoms with Crippen molar-refractivity contribution in [2.75, 3.05) is 39.4 Å². The van der Waals surface area contributed by atoms with Crippen LogP contribution in [0.5, 0.6) is 0 Å². The second-order valence-electron chi connectivity index (χ2n) is 5.06. The number of aliphatic imine (C=N–C) groups is 1. The molecule has 21 heavy (non-hydrogen) atoms. The van der Waals surface area contributed by atoms with Crippen molar-refractivity contribution in [1.29, 1.82) is 0 Å². The van der Waals surface area contributed by atoms with E-state index in [1.165, 1.54) is 0 Å². The lowest BCUT2D eigenvalue weighted by molar-refractivity contribution is -0.119. The maximum absolute atomic E-state index is 11.1. The largest absolute Gasteiger partial charge is 0.380 e. The lowest BCUT2D eigenvalue weighted by atomic mass is 9.95. The third kappa shape index (κ3) is 8.45. The minimum absolute atomic E-state index is 0. The van der Waals surface area contributed by atoms with Gasteiger partial charge in [-0.15, -0.1) is 24.0 Å². The number of halogens is 1. The normalized spacial score (nSPS) is 19.0. The fraction of sp³-hybridized carbons (Fsp3) is 0.857. The molecule has 7 heteroatoms. The van der Waals surface area contributed by atoms with Crippen molar-refractivity contribution in [3.63, 3.8) is 0 Å². The van der Waals surface area contributed by atoms with Crippen LogP contribution in [-0.4, -0.2) is 56.2 Å². The molecule has 6 nitrogen and oxygen atoms in total. The van der Waals surface area contributed by atoms with Gasteiger partial charge < -0.3 is 20.7 Å². The van der Waals surface area contributed by atoms with Gasteiger partial charge in [-0.2, -0.15) is 0 Å². The number of nitrogens with zero attached hydrogens (tertiary/aromatic N) is 2. The number of piperidine rings is 1. The number of hydrogen-bond acceptors (Lipinski definition) is 3. The lowest BCUT2D eigenvalue weighted by Gasteiger charge is -2.34. The van der Waals surface area contributed by atoms with Gasteiger partial charge in [0.05, 0.1) is 13.2 Å². The quantitative estimate of drug-likeness (QED) is 0.285. The maximum Gasteiger partial charge on any atom is 0.217 e. The van der Waals surface area contributed by atoms with E-state index >= 15 is 0 Å². The smallest absolute Gasteiger partial charge is 0.217 e. The standard InChI is InChI=1S/C14H28N4O2.HI/c1-3-16-14(17-7-9-20-4-2)18-8-5-6-12(11-18)10-13(15)19;/h12H,3-11H2,1-2H3,(H2,15,19)(H,16,17);1H. The molecule has 0 bridgehead atoms. The Hall–Kier alpha value is -0.570. The Labute approximate surface area is 144 Å². The highest BCUT2D eigenvalue weighted by Crippen LogP contribution is 2.19. The van der Waals surface area contributed by atoms with E-state index in [4.69, 9.17) is 10.5 Å². The zero-order valence-electron chi connectivity index (χ0n) is 13.1. The van der Waals surface area contributed by atoms with Gasteiger partial charge in [-0.25, -0.2) is 0 Å². The molecule has 0 spiro atoms. The summed E-state index contributed by atoms with van der Waals surface area (Å²) in [5, 5.41) is 3.31. The highest BCUT2D eigenvalue weighted by Gasteiger charge is 2.23. The van der Waals surface area contributed by atoms with Crippen molar-refractivity contribution in [3.05, 3.63) is 0 Å². The summed E-state index contributed by atoms with van der Waals surface area (Å²) in [5.74, 6) is 1.05. The van der Waals surface area contributed by atoms with Crippen molar-refractivity contribution in [3.8, 4) is 0 Å². The average molecular weight is 412 g/mol. The van der Waals surface area contributed by atoms with Gasteiger partial charge in [0.25, 0.3) is 0 Å². The molecule has 1 aliphatic rings. The Morgan fingerprint density at radius 3 is 2.86 bits per heavy atom.